The highest BCUT2D eigenvalue weighted by Crippen LogP contribution is 2.32. The van der Waals surface area contributed by atoms with E-state index in [-0.39, 0.29) is 41.5 Å². The number of benzene rings is 4. The Morgan fingerprint density at radius 1 is 0.837 bits per heavy atom. The van der Waals surface area contributed by atoms with Crippen LogP contribution in [0.3, 0.4) is 0 Å². The van der Waals surface area contributed by atoms with Crippen LogP contribution in [0.1, 0.15) is 48.6 Å². The summed E-state index contributed by atoms with van der Waals surface area (Å²) in [5.74, 6) is -2.90. The van der Waals surface area contributed by atoms with E-state index in [2.05, 4.69) is 0 Å². The second-order valence-electron chi connectivity index (χ2n) is 10.1. The molecule has 1 aliphatic heterocycles. The molecule has 0 aromatic heterocycles. The minimum absolute atomic E-state index is 0.0103. The van der Waals surface area contributed by atoms with Gasteiger partial charge in [-0.3, -0.25) is 19.2 Å². The van der Waals surface area contributed by atoms with Gasteiger partial charge in [0.15, 0.2) is 18.2 Å². The van der Waals surface area contributed by atoms with E-state index in [0.29, 0.717) is 21.8 Å². The highest BCUT2D eigenvalue weighted by molar-refractivity contribution is 6.31. The zero-order valence-corrected chi connectivity index (χ0v) is 23.9. The first-order chi connectivity index (χ1) is 20.7. The molecule has 0 radical (unpaired) electrons. The van der Waals surface area contributed by atoms with Crippen molar-refractivity contribution in [2.24, 2.45) is 5.92 Å². The number of nitrogens with zero attached hydrogens (tertiary/aromatic N) is 1. The largest absolute Gasteiger partial charge is 0.457 e. The van der Waals surface area contributed by atoms with Crippen molar-refractivity contribution in [1.82, 2.24) is 0 Å². The lowest BCUT2D eigenvalue weighted by Gasteiger charge is -2.20. The van der Waals surface area contributed by atoms with Crippen molar-refractivity contribution >= 4 is 46.7 Å². The van der Waals surface area contributed by atoms with E-state index >= 15 is 0 Å². The normalized spacial score (nSPS) is 14.3. The van der Waals surface area contributed by atoms with Gasteiger partial charge in [0, 0.05) is 34.7 Å². The number of halogens is 1. The Morgan fingerprint density at radius 2 is 1.51 bits per heavy atom. The predicted molar refractivity (Wildman–Crippen MR) is 160 cm³/mol. The van der Waals surface area contributed by atoms with Gasteiger partial charge >= 0.3 is 11.9 Å². The molecule has 1 atom stereocenters. The van der Waals surface area contributed by atoms with Crippen LogP contribution in [0.15, 0.2) is 97.1 Å². The monoisotopic (exact) mass is 595 g/mol. The molecule has 1 amide bonds. The summed E-state index contributed by atoms with van der Waals surface area (Å²) in [5, 5.41) is 0.335. The van der Waals surface area contributed by atoms with E-state index in [0.717, 1.165) is 5.56 Å². The number of carbonyl (C=O) groups is 5. The summed E-state index contributed by atoms with van der Waals surface area (Å²) in [4.78, 5) is 65.3. The SMILES string of the molecule is Cc1ccc(C(=O)Oc2ccc(C(=O)COC(=O)[C@H]3CC(=O)N(c4ccc(Cl)cc4C(=O)c4ccccc4)C3)cc2)cc1. The molecule has 216 valence electrons. The fourth-order valence-corrected chi connectivity index (χ4v) is 4.84. The molecule has 0 N–H and O–H groups in total. The van der Waals surface area contributed by atoms with Gasteiger partial charge in [-0.05, 0) is 61.5 Å². The molecule has 1 saturated heterocycles. The molecule has 1 fully saturated rings. The summed E-state index contributed by atoms with van der Waals surface area (Å²) in [5.41, 5.74) is 2.70. The fraction of sp³-hybridized carbons (Fsp3) is 0.147. The van der Waals surface area contributed by atoms with Crippen molar-refractivity contribution in [3.63, 3.8) is 0 Å². The summed E-state index contributed by atoms with van der Waals surface area (Å²) < 4.78 is 10.6. The Morgan fingerprint density at radius 3 is 2.21 bits per heavy atom. The summed E-state index contributed by atoms with van der Waals surface area (Å²) in [6.07, 6.45) is -0.129. The van der Waals surface area contributed by atoms with Crippen LogP contribution in [0, 0.1) is 12.8 Å². The Kier molecular flexibility index (Phi) is 8.78. The maximum atomic E-state index is 13.2. The van der Waals surface area contributed by atoms with Gasteiger partial charge in [0.05, 0.1) is 17.2 Å². The number of amides is 1. The number of ether oxygens (including phenoxy) is 2. The molecule has 1 heterocycles. The molecule has 0 spiro atoms. The van der Waals surface area contributed by atoms with E-state index in [4.69, 9.17) is 21.1 Å². The molecule has 0 aliphatic carbocycles. The molecule has 0 saturated carbocycles. The first-order valence-corrected chi connectivity index (χ1v) is 13.9. The maximum absolute atomic E-state index is 13.2. The fourth-order valence-electron chi connectivity index (χ4n) is 4.67. The number of hydrogen-bond donors (Lipinski definition) is 0. The van der Waals surface area contributed by atoms with Crippen LogP contribution in [0.4, 0.5) is 5.69 Å². The third-order valence-electron chi connectivity index (χ3n) is 7.01. The molecule has 1 aliphatic rings. The van der Waals surface area contributed by atoms with Crippen LogP contribution in [0.25, 0.3) is 0 Å². The Hall–Kier alpha value is -5.08. The lowest BCUT2D eigenvalue weighted by Crippen LogP contribution is -2.28. The molecule has 9 heteroatoms. The van der Waals surface area contributed by atoms with Crippen molar-refractivity contribution in [2.45, 2.75) is 13.3 Å². The molecular weight excluding hydrogens is 570 g/mol. The Balaban J connectivity index is 1.18. The first-order valence-electron chi connectivity index (χ1n) is 13.5. The van der Waals surface area contributed by atoms with Gasteiger partial charge in [-0.15, -0.1) is 0 Å². The predicted octanol–water partition coefficient (Wildman–Crippen LogP) is 5.88. The minimum atomic E-state index is -0.820. The summed E-state index contributed by atoms with van der Waals surface area (Å²) in [6, 6.07) is 26.1. The van der Waals surface area contributed by atoms with E-state index in [1.807, 2.05) is 6.92 Å². The highest BCUT2D eigenvalue weighted by Gasteiger charge is 2.38. The smallest absolute Gasteiger partial charge is 0.343 e. The standard InChI is InChI=1S/C34H26ClNO7/c1-21-7-9-24(10-8-21)34(41)43-27-14-11-22(12-15-27)30(37)20-42-33(40)25-17-31(38)36(19-25)29-16-13-26(35)18-28(29)32(39)23-5-3-2-4-6-23/h2-16,18,25H,17,19-20H2,1H3/t25-/m0/s1. The van der Waals surface area contributed by atoms with Gasteiger partial charge in [0.25, 0.3) is 0 Å². The van der Waals surface area contributed by atoms with Crippen molar-refractivity contribution < 1.29 is 33.4 Å². The third-order valence-corrected chi connectivity index (χ3v) is 7.24. The topological polar surface area (TPSA) is 107 Å². The van der Waals surface area contributed by atoms with Crippen LogP contribution in [0.2, 0.25) is 5.02 Å². The highest BCUT2D eigenvalue weighted by atomic mass is 35.5. The Labute approximate surface area is 252 Å². The van der Waals surface area contributed by atoms with Gasteiger partial charge < -0.3 is 14.4 Å². The van der Waals surface area contributed by atoms with Crippen molar-refractivity contribution in [1.29, 1.82) is 0 Å². The van der Waals surface area contributed by atoms with Crippen LogP contribution in [-0.2, 0) is 14.3 Å². The second kappa shape index (κ2) is 12.8. The van der Waals surface area contributed by atoms with Gasteiger partial charge in [-0.2, -0.15) is 0 Å². The quantitative estimate of drug-likeness (QED) is 0.135. The van der Waals surface area contributed by atoms with Crippen molar-refractivity contribution in [3.05, 3.63) is 130 Å². The van der Waals surface area contributed by atoms with Gasteiger partial charge in [-0.25, -0.2) is 4.79 Å². The van der Waals surface area contributed by atoms with Gasteiger partial charge in [0.1, 0.15) is 5.75 Å². The zero-order valence-electron chi connectivity index (χ0n) is 23.1. The van der Waals surface area contributed by atoms with Crippen LogP contribution >= 0.6 is 11.6 Å². The number of esters is 2. The number of anilines is 1. The molecule has 43 heavy (non-hydrogen) atoms. The lowest BCUT2D eigenvalue weighted by atomic mass is 10.0. The van der Waals surface area contributed by atoms with Crippen LogP contribution < -0.4 is 9.64 Å². The third kappa shape index (κ3) is 6.88. The number of aryl methyl sites for hydroxylation is 1. The van der Waals surface area contributed by atoms with Crippen molar-refractivity contribution in [2.75, 3.05) is 18.1 Å². The molecule has 8 nitrogen and oxygen atoms in total. The minimum Gasteiger partial charge on any atom is -0.457 e. The summed E-state index contributed by atoms with van der Waals surface area (Å²) >= 11 is 6.17. The second-order valence-corrected chi connectivity index (χ2v) is 10.5. The van der Waals surface area contributed by atoms with E-state index < -0.39 is 30.2 Å². The average molecular weight is 596 g/mol. The zero-order chi connectivity index (χ0) is 30.5. The van der Waals surface area contributed by atoms with E-state index in [1.165, 1.54) is 35.2 Å². The molecule has 5 rings (SSSR count). The van der Waals surface area contributed by atoms with Crippen molar-refractivity contribution in [3.8, 4) is 5.75 Å². The summed E-state index contributed by atoms with van der Waals surface area (Å²) in [6.45, 7) is 1.38. The number of ketones is 2. The average Bonchev–Trinajstić information content (AvgIpc) is 3.41. The van der Waals surface area contributed by atoms with Gasteiger partial charge in [-0.1, -0.05) is 59.6 Å². The molecular formula is C34H26ClNO7. The molecule has 0 unspecified atom stereocenters. The van der Waals surface area contributed by atoms with Gasteiger partial charge in [0.2, 0.25) is 5.91 Å². The number of rotatable bonds is 9. The molecule has 4 aromatic rings. The number of carbonyl (C=O) groups excluding carboxylic acids is 5. The van der Waals surface area contributed by atoms with E-state index in [1.54, 1.807) is 66.7 Å². The Bertz CT molecular complexity index is 1700. The lowest BCUT2D eigenvalue weighted by molar-refractivity contribution is -0.147. The maximum Gasteiger partial charge on any atom is 0.343 e. The van der Waals surface area contributed by atoms with Crippen LogP contribution in [-0.4, -0.2) is 42.6 Å². The number of Topliss-reactive ketones (excluding diaryl/α,β-unsaturated/α-hetero) is 1. The van der Waals surface area contributed by atoms with Crippen LogP contribution in [0.5, 0.6) is 5.75 Å². The molecule has 0 bridgehead atoms. The first kappa shape index (κ1) is 29.4. The molecule has 4 aromatic carbocycles. The van der Waals surface area contributed by atoms with E-state index in [9.17, 15) is 24.0 Å². The number of hydrogen-bond acceptors (Lipinski definition) is 7. The summed E-state index contributed by atoms with van der Waals surface area (Å²) in [7, 11) is 0.